The fourth-order valence-electron chi connectivity index (χ4n) is 2.04. The van der Waals surface area contributed by atoms with E-state index in [1.165, 1.54) is 0 Å². The van der Waals surface area contributed by atoms with E-state index in [4.69, 9.17) is 17.3 Å². The summed E-state index contributed by atoms with van der Waals surface area (Å²) < 4.78 is 24.6. The molecule has 0 amide bonds. The van der Waals surface area contributed by atoms with E-state index in [2.05, 4.69) is 0 Å². The fraction of sp³-hybridized carbons (Fsp3) is 0.200. The van der Waals surface area contributed by atoms with Crippen LogP contribution in [0.1, 0.15) is 16.7 Å². The Kier molecular flexibility index (Phi) is 4.81. The minimum absolute atomic E-state index is 0.0222. The smallest absolute Gasteiger partial charge is 0.158 e. The second-order valence-electron chi connectivity index (χ2n) is 4.60. The molecule has 0 aliphatic heterocycles. The summed E-state index contributed by atoms with van der Waals surface area (Å²) in [4.78, 5) is 0. The van der Waals surface area contributed by atoms with E-state index in [1.54, 1.807) is 30.3 Å². The molecule has 0 unspecified atom stereocenters. The summed E-state index contributed by atoms with van der Waals surface area (Å²) in [5, 5.41) is 0.475. The van der Waals surface area contributed by atoms with Crippen LogP contribution < -0.4 is 5.73 Å². The molecule has 0 aliphatic rings. The average molecular weight is 310 g/mol. The monoisotopic (exact) mass is 309 g/mol. The topological polar surface area (TPSA) is 60.2 Å². The van der Waals surface area contributed by atoms with Gasteiger partial charge in [-0.25, -0.2) is 8.42 Å². The van der Waals surface area contributed by atoms with E-state index in [1.807, 2.05) is 18.2 Å². The SMILES string of the molecule is NCc1ccccc1CS(=O)(=O)Cc1ccccc1Cl. The zero-order valence-corrected chi connectivity index (χ0v) is 12.5. The highest BCUT2D eigenvalue weighted by molar-refractivity contribution is 7.89. The van der Waals surface area contributed by atoms with Gasteiger partial charge in [-0.3, -0.25) is 0 Å². The van der Waals surface area contributed by atoms with Crippen LogP contribution in [-0.2, 0) is 27.9 Å². The van der Waals surface area contributed by atoms with Crippen molar-refractivity contribution in [2.75, 3.05) is 0 Å². The minimum atomic E-state index is -3.28. The summed E-state index contributed by atoms with van der Waals surface area (Å²) in [5.74, 6) is -0.0861. The van der Waals surface area contributed by atoms with E-state index in [0.29, 0.717) is 17.1 Å². The lowest BCUT2D eigenvalue weighted by atomic mass is 10.1. The third-order valence-corrected chi connectivity index (χ3v) is 4.92. The second kappa shape index (κ2) is 6.39. The molecular formula is C15H16ClNO2S. The molecule has 106 valence electrons. The molecule has 2 aromatic rings. The van der Waals surface area contributed by atoms with Gasteiger partial charge in [-0.1, -0.05) is 54.1 Å². The van der Waals surface area contributed by atoms with Crippen LogP contribution in [0, 0.1) is 0 Å². The molecule has 0 atom stereocenters. The molecule has 0 spiro atoms. The molecule has 0 heterocycles. The van der Waals surface area contributed by atoms with Crippen molar-refractivity contribution < 1.29 is 8.42 Å². The molecule has 0 saturated heterocycles. The summed E-state index contributed by atoms with van der Waals surface area (Å²) in [5.41, 5.74) is 7.86. The van der Waals surface area contributed by atoms with Crippen molar-refractivity contribution in [3.8, 4) is 0 Å². The average Bonchev–Trinajstić information content (AvgIpc) is 2.41. The standard InChI is InChI=1S/C15H16ClNO2S/c16-15-8-4-3-7-14(15)11-20(18,19)10-13-6-2-1-5-12(13)9-17/h1-8H,9-11,17H2. The molecule has 0 fully saturated rings. The number of hydrogen-bond acceptors (Lipinski definition) is 3. The van der Waals surface area contributed by atoms with Crippen LogP contribution in [0.25, 0.3) is 0 Å². The van der Waals surface area contributed by atoms with E-state index >= 15 is 0 Å². The lowest BCUT2D eigenvalue weighted by molar-refractivity contribution is 0.594. The Bertz CT molecular complexity index is 699. The third kappa shape index (κ3) is 3.82. The van der Waals surface area contributed by atoms with Gasteiger partial charge in [0.25, 0.3) is 0 Å². The lowest BCUT2D eigenvalue weighted by Gasteiger charge is -2.09. The van der Waals surface area contributed by atoms with Gasteiger partial charge in [-0.15, -0.1) is 0 Å². The van der Waals surface area contributed by atoms with Crippen molar-refractivity contribution in [3.05, 3.63) is 70.2 Å². The Labute approximate surface area is 124 Å². The van der Waals surface area contributed by atoms with Crippen LogP contribution in [0.4, 0.5) is 0 Å². The lowest BCUT2D eigenvalue weighted by Crippen LogP contribution is -2.11. The fourth-order valence-corrected chi connectivity index (χ4v) is 3.90. The Hall–Kier alpha value is -1.36. The van der Waals surface area contributed by atoms with Crippen LogP contribution >= 0.6 is 11.6 Å². The number of benzene rings is 2. The van der Waals surface area contributed by atoms with Crippen molar-refractivity contribution in [1.29, 1.82) is 0 Å². The molecule has 0 radical (unpaired) electrons. The maximum absolute atomic E-state index is 12.3. The molecule has 2 N–H and O–H groups in total. The molecule has 0 aliphatic carbocycles. The molecule has 0 saturated carbocycles. The summed E-state index contributed by atoms with van der Waals surface area (Å²) in [6.07, 6.45) is 0. The maximum Gasteiger partial charge on any atom is 0.158 e. The number of halogens is 1. The number of nitrogens with two attached hydrogens (primary N) is 1. The van der Waals surface area contributed by atoms with Gasteiger partial charge in [-0.05, 0) is 22.8 Å². The predicted molar refractivity (Wildman–Crippen MR) is 82.1 cm³/mol. The van der Waals surface area contributed by atoms with E-state index < -0.39 is 9.84 Å². The van der Waals surface area contributed by atoms with Crippen molar-refractivity contribution in [1.82, 2.24) is 0 Å². The highest BCUT2D eigenvalue weighted by Gasteiger charge is 2.16. The first-order valence-corrected chi connectivity index (χ1v) is 8.42. The summed E-state index contributed by atoms with van der Waals surface area (Å²) in [6.45, 7) is 0.331. The third-order valence-electron chi connectivity index (χ3n) is 3.05. The van der Waals surface area contributed by atoms with E-state index in [9.17, 15) is 8.42 Å². The number of hydrogen-bond donors (Lipinski definition) is 1. The zero-order valence-electron chi connectivity index (χ0n) is 10.9. The van der Waals surface area contributed by atoms with Crippen molar-refractivity contribution >= 4 is 21.4 Å². The van der Waals surface area contributed by atoms with Crippen LogP contribution in [0.15, 0.2) is 48.5 Å². The van der Waals surface area contributed by atoms with Gasteiger partial charge >= 0.3 is 0 Å². The van der Waals surface area contributed by atoms with Crippen LogP contribution in [0.2, 0.25) is 5.02 Å². The van der Waals surface area contributed by atoms with E-state index in [0.717, 1.165) is 11.1 Å². The summed E-state index contributed by atoms with van der Waals surface area (Å²) >= 11 is 6.01. The largest absolute Gasteiger partial charge is 0.326 e. The Balaban J connectivity index is 2.22. The molecule has 3 nitrogen and oxygen atoms in total. The normalized spacial score (nSPS) is 11.5. The van der Waals surface area contributed by atoms with Crippen molar-refractivity contribution in [3.63, 3.8) is 0 Å². The quantitative estimate of drug-likeness (QED) is 0.924. The molecule has 5 heteroatoms. The molecule has 0 bridgehead atoms. The maximum atomic E-state index is 12.3. The van der Waals surface area contributed by atoms with Crippen molar-refractivity contribution in [2.45, 2.75) is 18.1 Å². The molecule has 2 aromatic carbocycles. The first-order valence-electron chi connectivity index (χ1n) is 6.22. The van der Waals surface area contributed by atoms with Crippen LogP contribution in [0.5, 0.6) is 0 Å². The Morgan fingerprint density at radius 3 is 1.95 bits per heavy atom. The first-order chi connectivity index (χ1) is 9.52. The van der Waals surface area contributed by atoms with E-state index in [-0.39, 0.29) is 11.5 Å². The second-order valence-corrected chi connectivity index (χ2v) is 7.07. The number of rotatable bonds is 5. The van der Waals surface area contributed by atoms with Gasteiger partial charge in [0.15, 0.2) is 9.84 Å². The molecule has 0 aromatic heterocycles. The highest BCUT2D eigenvalue weighted by atomic mass is 35.5. The van der Waals surface area contributed by atoms with Gasteiger partial charge in [0, 0.05) is 11.6 Å². The van der Waals surface area contributed by atoms with Crippen LogP contribution in [0.3, 0.4) is 0 Å². The Morgan fingerprint density at radius 2 is 1.35 bits per heavy atom. The molecule has 2 rings (SSSR count). The van der Waals surface area contributed by atoms with Crippen molar-refractivity contribution in [2.24, 2.45) is 5.73 Å². The summed E-state index contributed by atoms with van der Waals surface area (Å²) in [6, 6.07) is 14.3. The zero-order chi connectivity index (χ0) is 14.6. The van der Waals surface area contributed by atoms with Gasteiger partial charge in [0.1, 0.15) is 0 Å². The van der Waals surface area contributed by atoms with Gasteiger partial charge in [0.05, 0.1) is 11.5 Å². The van der Waals surface area contributed by atoms with Crippen LogP contribution in [-0.4, -0.2) is 8.42 Å². The Morgan fingerprint density at radius 1 is 0.850 bits per heavy atom. The predicted octanol–water partition coefficient (Wildman–Crippen LogP) is 2.91. The van der Waals surface area contributed by atoms with Gasteiger partial charge in [0.2, 0.25) is 0 Å². The van der Waals surface area contributed by atoms with Gasteiger partial charge in [-0.2, -0.15) is 0 Å². The minimum Gasteiger partial charge on any atom is -0.326 e. The first kappa shape index (κ1) is 15.0. The highest BCUT2D eigenvalue weighted by Crippen LogP contribution is 2.20. The summed E-state index contributed by atoms with van der Waals surface area (Å²) in [7, 11) is -3.28. The molecular weight excluding hydrogens is 294 g/mol. The molecule has 20 heavy (non-hydrogen) atoms. The van der Waals surface area contributed by atoms with Gasteiger partial charge < -0.3 is 5.73 Å². The number of sulfone groups is 1.